The Balaban J connectivity index is 1.76. The van der Waals surface area contributed by atoms with Crippen molar-refractivity contribution in [3.05, 3.63) is 0 Å². The van der Waals surface area contributed by atoms with Crippen LogP contribution >= 0.6 is 0 Å². The maximum absolute atomic E-state index is 5.53. The summed E-state index contributed by atoms with van der Waals surface area (Å²) in [5.74, 6) is 0.863. The van der Waals surface area contributed by atoms with Crippen LogP contribution in [0.1, 0.15) is 19.3 Å². The third-order valence-electron chi connectivity index (χ3n) is 3.46. The van der Waals surface area contributed by atoms with E-state index in [0.29, 0.717) is 6.04 Å². The van der Waals surface area contributed by atoms with E-state index in [1.807, 2.05) is 7.05 Å². The maximum atomic E-state index is 5.53. The van der Waals surface area contributed by atoms with Crippen molar-refractivity contribution < 1.29 is 4.74 Å². The number of likely N-dealkylation sites (tertiary alicyclic amines) is 1. The minimum atomic E-state index is 0.714. The van der Waals surface area contributed by atoms with E-state index in [1.54, 1.807) is 0 Å². The molecule has 0 bridgehead atoms. The molecule has 0 aromatic heterocycles. The molecule has 82 valence electrons. The van der Waals surface area contributed by atoms with Gasteiger partial charge in [-0.25, -0.2) is 0 Å². The Morgan fingerprint density at radius 1 is 1.43 bits per heavy atom. The molecule has 2 heterocycles. The summed E-state index contributed by atoms with van der Waals surface area (Å²) in [5, 5.41) is 3.28. The molecule has 3 heteroatoms. The summed E-state index contributed by atoms with van der Waals surface area (Å²) >= 11 is 0. The molecule has 2 rings (SSSR count). The molecule has 0 amide bonds. The smallest absolute Gasteiger partial charge is 0.0621 e. The lowest BCUT2D eigenvalue weighted by Gasteiger charge is -2.30. The van der Waals surface area contributed by atoms with Gasteiger partial charge in [0.25, 0.3) is 0 Å². The van der Waals surface area contributed by atoms with Crippen molar-refractivity contribution in [1.29, 1.82) is 0 Å². The van der Waals surface area contributed by atoms with Gasteiger partial charge in [0.2, 0.25) is 0 Å². The van der Waals surface area contributed by atoms with Crippen molar-refractivity contribution in [3.63, 3.8) is 0 Å². The van der Waals surface area contributed by atoms with Gasteiger partial charge >= 0.3 is 0 Å². The van der Waals surface area contributed by atoms with Crippen LogP contribution in [0, 0.1) is 5.92 Å². The Morgan fingerprint density at radius 3 is 3.07 bits per heavy atom. The minimum absolute atomic E-state index is 0.714. The standard InChI is InChI=1S/C11H22N2O/c1-12-7-10-4-5-13(8-10)11-3-2-6-14-9-11/h10-12H,2-9H2,1H3. The first kappa shape index (κ1) is 10.4. The number of rotatable bonds is 3. The third kappa shape index (κ3) is 2.47. The van der Waals surface area contributed by atoms with Crippen molar-refractivity contribution in [1.82, 2.24) is 10.2 Å². The summed E-state index contributed by atoms with van der Waals surface area (Å²) in [6.45, 7) is 5.66. The van der Waals surface area contributed by atoms with E-state index in [2.05, 4.69) is 10.2 Å². The molecule has 0 aliphatic carbocycles. The molecule has 0 aromatic rings. The number of nitrogens with one attached hydrogen (secondary N) is 1. The van der Waals surface area contributed by atoms with Crippen LogP contribution in [-0.2, 0) is 4.74 Å². The van der Waals surface area contributed by atoms with E-state index < -0.39 is 0 Å². The van der Waals surface area contributed by atoms with Crippen molar-refractivity contribution in [2.24, 2.45) is 5.92 Å². The van der Waals surface area contributed by atoms with E-state index >= 15 is 0 Å². The van der Waals surface area contributed by atoms with Gasteiger partial charge in [-0.3, -0.25) is 4.90 Å². The molecule has 0 saturated carbocycles. The minimum Gasteiger partial charge on any atom is -0.380 e. The van der Waals surface area contributed by atoms with Gasteiger partial charge in [0.05, 0.1) is 6.61 Å². The number of ether oxygens (including phenoxy) is 1. The second-order valence-electron chi connectivity index (χ2n) is 4.58. The molecule has 2 unspecified atom stereocenters. The van der Waals surface area contributed by atoms with Crippen LogP contribution in [0.5, 0.6) is 0 Å². The van der Waals surface area contributed by atoms with Gasteiger partial charge in [-0.15, -0.1) is 0 Å². The largest absolute Gasteiger partial charge is 0.380 e. The monoisotopic (exact) mass is 198 g/mol. The van der Waals surface area contributed by atoms with Crippen LogP contribution in [0.15, 0.2) is 0 Å². The molecular formula is C11H22N2O. The zero-order valence-corrected chi connectivity index (χ0v) is 9.17. The van der Waals surface area contributed by atoms with E-state index in [-0.39, 0.29) is 0 Å². The molecular weight excluding hydrogens is 176 g/mol. The van der Waals surface area contributed by atoms with Crippen molar-refractivity contribution in [2.75, 3.05) is 39.9 Å². The molecule has 2 aliphatic rings. The molecule has 14 heavy (non-hydrogen) atoms. The highest BCUT2D eigenvalue weighted by molar-refractivity contribution is 4.83. The fraction of sp³-hybridized carbons (Fsp3) is 1.00. The molecule has 3 nitrogen and oxygen atoms in total. The van der Waals surface area contributed by atoms with Gasteiger partial charge in [0.1, 0.15) is 0 Å². The number of hydrogen-bond acceptors (Lipinski definition) is 3. The maximum Gasteiger partial charge on any atom is 0.0621 e. The Kier molecular flexibility index (Phi) is 3.79. The zero-order chi connectivity index (χ0) is 9.80. The molecule has 1 N–H and O–H groups in total. The van der Waals surface area contributed by atoms with Gasteiger partial charge in [0, 0.05) is 19.2 Å². The van der Waals surface area contributed by atoms with Crippen LogP contribution in [0.4, 0.5) is 0 Å². The van der Waals surface area contributed by atoms with E-state index in [0.717, 1.165) is 19.1 Å². The lowest BCUT2D eigenvalue weighted by molar-refractivity contribution is 0.0255. The van der Waals surface area contributed by atoms with E-state index in [9.17, 15) is 0 Å². The number of hydrogen-bond donors (Lipinski definition) is 1. The van der Waals surface area contributed by atoms with E-state index in [1.165, 1.54) is 38.9 Å². The van der Waals surface area contributed by atoms with Crippen LogP contribution in [-0.4, -0.2) is 50.8 Å². The average molecular weight is 198 g/mol. The summed E-state index contributed by atoms with van der Waals surface area (Å²) in [7, 11) is 2.05. The summed E-state index contributed by atoms with van der Waals surface area (Å²) < 4.78 is 5.53. The molecule has 0 aromatic carbocycles. The van der Waals surface area contributed by atoms with Crippen molar-refractivity contribution in [3.8, 4) is 0 Å². The Hall–Kier alpha value is -0.120. The molecule has 0 radical (unpaired) electrons. The first-order valence-corrected chi connectivity index (χ1v) is 5.86. The third-order valence-corrected chi connectivity index (χ3v) is 3.46. The molecule has 0 spiro atoms. The second kappa shape index (κ2) is 5.10. The summed E-state index contributed by atoms with van der Waals surface area (Å²) in [5.41, 5.74) is 0. The highest BCUT2D eigenvalue weighted by atomic mass is 16.5. The average Bonchev–Trinajstić information content (AvgIpc) is 2.68. The van der Waals surface area contributed by atoms with Gasteiger partial charge in [-0.05, 0) is 45.3 Å². The summed E-state index contributed by atoms with van der Waals surface area (Å²) in [6.07, 6.45) is 3.95. The predicted octanol–water partition coefficient (Wildman–Crippen LogP) is 0.707. The normalized spacial score (nSPS) is 34.9. The first-order chi connectivity index (χ1) is 6.90. The molecule has 2 fully saturated rings. The van der Waals surface area contributed by atoms with Crippen LogP contribution in [0.3, 0.4) is 0 Å². The van der Waals surface area contributed by atoms with Crippen LogP contribution < -0.4 is 5.32 Å². The highest BCUT2D eigenvalue weighted by Crippen LogP contribution is 2.22. The molecule has 2 atom stereocenters. The van der Waals surface area contributed by atoms with Crippen molar-refractivity contribution in [2.45, 2.75) is 25.3 Å². The van der Waals surface area contributed by atoms with Gasteiger partial charge in [-0.1, -0.05) is 0 Å². The predicted molar refractivity (Wildman–Crippen MR) is 57.4 cm³/mol. The van der Waals surface area contributed by atoms with Gasteiger partial charge < -0.3 is 10.1 Å². The topological polar surface area (TPSA) is 24.5 Å². The zero-order valence-electron chi connectivity index (χ0n) is 9.17. The number of nitrogens with zero attached hydrogens (tertiary/aromatic N) is 1. The highest BCUT2D eigenvalue weighted by Gasteiger charge is 2.28. The summed E-state index contributed by atoms with van der Waals surface area (Å²) in [4.78, 5) is 2.63. The first-order valence-electron chi connectivity index (χ1n) is 5.86. The SMILES string of the molecule is CNCC1CCN(C2CCCOC2)C1. The van der Waals surface area contributed by atoms with E-state index in [4.69, 9.17) is 4.74 Å². The van der Waals surface area contributed by atoms with Crippen LogP contribution in [0.2, 0.25) is 0 Å². The molecule has 2 saturated heterocycles. The quantitative estimate of drug-likeness (QED) is 0.723. The Bertz CT molecular complexity index is 169. The fourth-order valence-electron chi connectivity index (χ4n) is 2.66. The van der Waals surface area contributed by atoms with Crippen LogP contribution in [0.25, 0.3) is 0 Å². The lowest BCUT2D eigenvalue weighted by atomic mass is 10.1. The lowest BCUT2D eigenvalue weighted by Crippen LogP contribution is -2.40. The summed E-state index contributed by atoms with van der Waals surface area (Å²) in [6, 6.07) is 0.714. The van der Waals surface area contributed by atoms with Gasteiger partial charge in [-0.2, -0.15) is 0 Å². The fourth-order valence-corrected chi connectivity index (χ4v) is 2.66. The second-order valence-corrected chi connectivity index (χ2v) is 4.58. The van der Waals surface area contributed by atoms with Crippen molar-refractivity contribution >= 4 is 0 Å². The van der Waals surface area contributed by atoms with Gasteiger partial charge in [0.15, 0.2) is 0 Å². The Labute approximate surface area is 86.8 Å². The Morgan fingerprint density at radius 2 is 2.36 bits per heavy atom. The molecule has 2 aliphatic heterocycles.